The number of hydrogen-bond acceptors (Lipinski definition) is 2. The minimum Gasteiger partial charge on any atom is -0.505 e. The zero-order chi connectivity index (χ0) is 11.8. The standard InChI is InChI=1S/C7H3F6NO/c8-3-1-2(7(11,12)13)5(15)4(14-3)6(9)10/h1,6,15H. The van der Waals surface area contributed by atoms with Gasteiger partial charge in [0.15, 0.2) is 11.4 Å². The SMILES string of the molecule is Oc1c(C(F)(F)F)cc(F)nc1C(F)F. The molecular formula is C7H3F6NO. The summed E-state index contributed by atoms with van der Waals surface area (Å²) in [6, 6.07) is -0.152. The van der Waals surface area contributed by atoms with Crippen molar-refractivity contribution >= 4 is 0 Å². The predicted octanol–water partition coefficient (Wildman–Crippen LogP) is 2.88. The molecule has 0 aliphatic rings. The fraction of sp³-hybridized carbons (Fsp3) is 0.286. The summed E-state index contributed by atoms with van der Waals surface area (Å²) in [5.74, 6) is -3.48. The number of hydrogen-bond donors (Lipinski definition) is 1. The summed E-state index contributed by atoms with van der Waals surface area (Å²) in [7, 11) is 0. The van der Waals surface area contributed by atoms with Gasteiger partial charge in [-0.2, -0.15) is 17.6 Å². The fourth-order valence-electron chi connectivity index (χ4n) is 0.894. The topological polar surface area (TPSA) is 33.1 Å². The average Bonchev–Trinajstić information content (AvgIpc) is 2.06. The highest BCUT2D eigenvalue weighted by Crippen LogP contribution is 2.39. The van der Waals surface area contributed by atoms with E-state index in [0.29, 0.717) is 0 Å². The summed E-state index contributed by atoms with van der Waals surface area (Å²) < 4.78 is 72.7. The number of halogens is 6. The van der Waals surface area contributed by atoms with E-state index in [2.05, 4.69) is 4.98 Å². The van der Waals surface area contributed by atoms with Crippen LogP contribution in [0, 0.1) is 5.95 Å². The van der Waals surface area contributed by atoms with E-state index in [4.69, 9.17) is 5.11 Å². The first kappa shape index (κ1) is 11.6. The molecule has 1 N–H and O–H groups in total. The smallest absolute Gasteiger partial charge is 0.420 e. The third-order valence-electron chi connectivity index (χ3n) is 1.50. The van der Waals surface area contributed by atoms with Crippen LogP contribution in [0.25, 0.3) is 0 Å². The molecule has 0 unspecified atom stereocenters. The maximum atomic E-state index is 12.4. The molecule has 15 heavy (non-hydrogen) atoms. The van der Waals surface area contributed by atoms with Gasteiger partial charge in [-0.1, -0.05) is 0 Å². The van der Waals surface area contributed by atoms with Gasteiger partial charge in [-0.15, -0.1) is 0 Å². The van der Waals surface area contributed by atoms with Crippen LogP contribution in [0.1, 0.15) is 17.7 Å². The summed E-state index contributed by atoms with van der Waals surface area (Å²) in [4.78, 5) is 2.48. The Morgan fingerprint density at radius 2 is 1.80 bits per heavy atom. The van der Waals surface area contributed by atoms with Gasteiger partial charge in [-0.3, -0.25) is 0 Å². The van der Waals surface area contributed by atoms with E-state index < -0.39 is 35.6 Å². The number of pyridine rings is 1. The van der Waals surface area contributed by atoms with E-state index in [0.717, 1.165) is 0 Å². The molecule has 84 valence electrons. The summed E-state index contributed by atoms with van der Waals surface area (Å²) in [6.07, 6.45) is -8.60. The molecular weight excluding hydrogens is 228 g/mol. The van der Waals surface area contributed by atoms with Crippen molar-refractivity contribution in [3.8, 4) is 5.75 Å². The highest BCUT2D eigenvalue weighted by Gasteiger charge is 2.37. The fourth-order valence-corrected chi connectivity index (χ4v) is 0.894. The normalized spacial score (nSPS) is 12.2. The Morgan fingerprint density at radius 1 is 1.27 bits per heavy atom. The highest BCUT2D eigenvalue weighted by molar-refractivity contribution is 5.38. The first-order chi connectivity index (χ1) is 6.73. The number of nitrogens with zero attached hydrogens (tertiary/aromatic N) is 1. The van der Waals surface area contributed by atoms with Gasteiger partial charge < -0.3 is 5.11 Å². The molecule has 1 heterocycles. The minimum absolute atomic E-state index is 0.152. The van der Waals surface area contributed by atoms with Gasteiger partial charge in [0.25, 0.3) is 6.43 Å². The molecule has 0 amide bonds. The lowest BCUT2D eigenvalue weighted by atomic mass is 10.2. The van der Waals surface area contributed by atoms with Gasteiger partial charge in [-0.05, 0) is 0 Å². The molecule has 1 aromatic rings. The van der Waals surface area contributed by atoms with E-state index in [1.807, 2.05) is 0 Å². The Labute approximate surface area is 79.2 Å². The van der Waals surface area contributed by atoms with Crippen LogP contribution < -0.4 is 0 Å². The molecule has 1 aromatic heterocycles. The third-order valence-corrected chi connectivity index (χ3v) is 1.50. The number of aromatic hydroxyl groups is 1. The second-order valence-corrected chi connectivity index (χ2v) is 2.52. The molecule has 8 heteroatoms. The van der Waals surface area contributed by atoms with Crippen molar-refractivity contribution in [3.05, 3.63) is 23.3 Å². The molecule has 0 aromatic carbocycles. The van der Waals surface area contributed by atoms with Crippen molar-refractivity contribution in [2.24, 2.45) is 0 Å². The Hall–Kier alpha value is -1.47. The molecule has 0 saturated heterocycles. The molecule has 0 spiro atoms. The molecule has 0 radical (unpaired) electrons. The highest BCUT2D eigenvalue weighted by atomic mass is 19.4. The van der Waals surface area contributed by atoms with Gasteiger partial charge in [-0.25, -0.2) is 13.8 Å². The van der Waals surface area contributed by atoms with Crippen LogP contribution in [0.5, 0.6) is 5.75 Å². The van der Waals surface area contributed by atoms with Crippen LogP contribution in [0.4, 0.5) is 26.3 Å². The van der Waals surface area contributed by atoms with Crippen molar-refractivity contribution in [1.82, 2.24) is 4.98 Å². The molecule has 0 aliphatic heterocycles. The number of aromatic nitrogens is 1. The predicted molar refractivity (Wildman–Crippen MR) is 35.8 cm³/mol. The quantitative estimate of drug-likeness (QED) is 0.595. The molecule has 1 rings (SSSR count). The van der Waals surface area contributed by atoms with Gasteiger partial charge in [0.2, 0.25) is 5.95 Å². The number of rotatable bonds is 1. The van der Waals surface area contributed by atoms with Gasteiger partial charge >= 0.3 is 6.18 Å². The van der Waals surface area contributed by atoms with Crippen LogP contribution in [-0.4, -0.2) is 10.1 Å². The van der Waals surface area contributed by atoms with Crippen molar-refractivity contribution in [3.63, 3.8) is 0 Å². The van der Waals surface area contributed by atoms with Crippen LogP contribution in [-0.2, 0) is 6.18 Å². The summed E-state index contributed by atoms with van der Waals surface area (Å²) in [5.41, 5.74) is -3.49. The largest absolute Gasteiger partial charge is 0.505 e. The zero-order valence-corrected chi connectivity index (χ0v) is 6.82. The van der Waals surface area contributed by atoms with Crippen molar-refractivity contribution in [2.45, 2.75) is 12.6 Å². The second-order valence-electron chi connectivity index (χ2n) is 2.52. The van der Waals surface area contributed by atoms with E-state index in [1.54, 1.807) is 0 Å². The van der Waals surface area contributed by atoms with Gasteiger partial charge in [0.1, 0.15) is 5.56 Å². The minimum atomic E-state index is -5.11. The zero-order valence-electron chi connectivity index (χ0n) is 6.82. The lowest BCUT2D eigenvalue weighted by molar-refractivity contribution is -0.139. The first-order valence-electron chi connectivity index (χ1n) is 3.48. The molecule has 2 nitrogen and oxygen atoms in total. The van der Waals surface area contributed by atoms with Crippen molar-refractivity contribution < 1.29 is 31.4 Å². The van der Waals surface area contributed by atoms with Crippen LogP contribution in [0.2, 0.25) is 0 Å². The lowest BCUT2D eigenvalue weighted by Gasteiger charge is -2.11. The first-order valence-corrected chi connectivity index (χ1v) is 3.48. The van der Waals surface area contributed by atoms with Crippen LogP contribution >= 0.6 is 0 Å². The van der Waals surface area contributed by atoms with Crippen LogP contribution in [0.3, 0.4) is 0 Å². The Bertz CT molecular complexity index is 374. The second kappa shape index (κ2) is 3.59. The van der Waals surface area contributed by atoms with Crippen LogP contribution in [0.15, 0.2) is 6.07 Å². The van der Waals surface area contributed by atoms with Crippen molar-refractivity contribution in [2.75, 3.05) is 0 Å². The maximum absolute atomic E-state index is 12.4. The molecule has 0 saturated carbocycles. The van der Waals surface area contributed by atoms with Gasteiger partial charge in [0, 0.05) is 6.07 Å². The van der Waals surface area contributed by atoms with E-state index >= 15 is 0 Å². The Kier molecular flexibility index (Phi) is 2.78. The van der Waals surface area contributed by atoms with E-state index in [9.17, 15) is 26.3 Å². The third kappa shape index (κ3) is 2.31. The van der Waals surface area contributed by atoms with E-state index in [-0.39, 0.29) is 6.07 Å². The summed E-state index contributed by atoms with van der Waals surface area (Å²) in [5, 5.41) is 8.79. The monoisotopic (exact) mass is 231 g/mol. The molecule has 0 bridgehead atoms. The average molecular weight is 231 g/mol. The Balaban J connectivity index is 3.42. The lowest BCUT2D eigenvalue weighted by Crippen LogP contribution is -2.09. The Morgan fingerprint density at radius 3 is 2.20 bits per heavy atom. The molecule has 0 atom stereocenters. The van der Waals surface area contributed by atoms with E-state index in [1.165, 1.54) is 0 Å². The summed E-state index contributed by atoms with van der Waals surface area (Å²) in [6.45, 7) is 0. The molecule has 0 fully saturated rings. The number of alkyl halides is 5. The van der Waals surface area contributed by atoms with Gasteiger partial charge in [0.05, 0.1) is 0 Å². The summed E-state index contributed by atoms with van der Waals surface area (Å²) >= 11 is 0. The maximum Gasteiger partial charge on any atom is 0.420 e. The molecule has 0 aliphatic carbocycles. The van der Waals surface area contributed by atoms with Crippen molar-refractivity contribution in [1.29, 1.82) is 0 Å².